The van der Waals surface area contributed by atoms with Gasteiger partial charge in [0.25, 0.3) is 0 Å². The Morgan fingerprint density at radius 1 is 1.44 bits per heavy atom. The summed E-state index contributed by atoms with van der Waals surface area (Å²) in [6.45, 7) is 4.23. The van der Waals surface area contributed by atoms with Crippen molar-refractivity contribution in [1.82, 2.24) is 0 Å². The third kappa shape index (κ3) is 4.05. The third-order valence-electron chi connectivity index (χ3n) is 2.41. The monoisotopic (exact) mass is 286 g/mol. The maximum Gasteiger partial charge on any atom is 0.165 e. The van der Waals surface area contributed by atoms with Gasteiger partial charge in [-0.2, -0.15) is 0 Å². The normalized spacial score (nSPS) is 10.8. The molecule has 0 aliphatic heterocycles. The summed E-state index contributed by atoms with van der Waals surface area (Å²) in [6.07, 6.45) is 2.25. The molecule has 0 aliphatic rings. The molecule has 1 aromatic rings. The highest BCUT2D eigenvalue weighted by atomic mass is 79.9. The number of carbonyl (C=O) groups excluding carboxylic acids is 1. The van der Waals surface area contributed by atoms with Gasteiger partial charge in [-0.1, -0.05) is 36.2 Å². The summed E-state index contributed by atoms with van der Waals surface area (Å²) in [5.41, 5.74) is 0.193. The van der Waals surface area contributed by atoms with E-state index < -0.39 is 5.82 Å². The van der Waals surface area contributed by atoms with Gasteiger partial charge in [0.05, 0.1) is 5.56 Å². The Morgan fingerprint density at radius 3 is 2.75 bits per heavy atom. The van der Waals surface area contributed by atoms with E-state index in [1.54, 1.807) is 12.1 Å². The molecular weight excluding hydrogens is 271 g/mol. The highest BCUT2D eigenvalue weighted by Crippen LogP contribution is 2.18. The van der Waals surface area contributed by atoms with Crippen molar-refractivity contribution in [3.63, 3.8) is 0 Å². The molecule has 0 spiro atoms. The second-order valence-corrected chi connectivity index (χ2v) is 5.25. The number of Topliss-reactive ketones (excluding diaryl/α,β-unsaturated/α-hetero) is 1. The van der Waals surface area contributed by atoms with Gasteiger partial charge in [0.1, 0.15) is 5.82 Å². The maximum absolute atomic E-state index is 13.4. The second-order valence-electron chi connectivity index (χ2n) is 4.33. The fourth-order valence-corrected chi connectivity index (χ4v) is 1.88. The molecule has 0 aromatic heterocycles. The first-order valence-corrected chi connectivity index (χ1v) is 6.28. The molecule has 0 saturated heterocycles. The van der Waals surface area contributed by atoms with Crippen molar-refractivity contribution in [2.75, 3.05) is 0 Å². The number of carbonyl (C=O) groups is 1. The van der Waals surface area contributed by atoms with Crippen molar-refractivity contribution >= 4 is 21.7 Å². The largest absolute Gasteiger partial charge is 0.294 e. The summed E-state index contributed by atoms with van der Waals surface area (Å²) in [7, 11) is 0. The van der Waals surface area contributed by atoms with E-state index >= 15 is 0 Å². The summed E-state index contributed by atoms with van der Waals surface area (Å²) < 4.78 is 14.1. The Morgan fingerprint density at radius 2 is 2.12 bits per heavy atom. The van der Waals surface area contributed by atoms with Crippen molar-refractivity contribution in [2.24, 2.45) is 5.92 Å². The first-order chi connectivity index (χ1) is 7.50. The van der Waals surface area contributed by atoms with Crippen LogP contribution in [0.15, 0.2) is 22.7 Å². The standard InChI is InChI=1S/C13H16BrFO/c1-9(2)4-3-5-13(16)11-8-10(14)6-7-12(11)15/h6-9H,3-5H2,1-2H3. The molecule has 0 radical (unpaired) electrons. The average molecular weight is 287 g/mol. The lowest BCUT2D eigenvalue weighted by Crippen LogP contribution is -2.03. The first kappa shape index (κ1) is 13.4. The average Bonchev–Trinajstić information content (AvgIpc) is 2.21. The molecule has 1 nitrogen and oxygen atoms in total. The lowest BCUT2D eigenvalue weighted by atomic mass is 10.0. The van der Waals surface area contributed by atoms with Gasteiger partial charge in [-0.15, -0.1) is 0 Å². The van der Waals surface area contributed by atoms with E-state index in [1.807, 2.05) is 0 Å². The van der Waals surface area contributed by atoms with Crippen molar-refractivity contribution in [1.29, 1.82) is 0 Å². The molecule has 0 unspecified atom stereocenters. The van der Waals surface area contributed by atoms with Gasteiger partial charge < -0.3 is 0 Å². The Kier molecular flexibility index (Phi) is 5.13. The van der Waals surface area contributed by atoms with Gasteiger partial charge in [-0.25, -0.2) is 4.39 Å². The van der Waals surface area contributed by atoms with Gasteiger partial charge in [0.2, 0.25) is 0 Å². The SMILES string of the molecule is CC(C)CCCC(=O)c1cc(Br)ccc1F. The van der Waals surface area contributed by atoms with Crippen molar-refractivity contribution in [3.8, 4) is 0 Å². The van der Waals surface area contributed by atoms with Crippen LogP contribution < -0.4 is 0 Å². The van der Waals surface area contributed by atoms with E-state index in [9.17, 15) is 9.18 Å². The minimum atomic E-state index is -0.433. The summed E-state index contributed by atoms with van der Waals surface area (Å²) in [4.78, 5) is 11.7. The number of benzene rings is 1. The highest BCUT2D eigenvalue weighted by Gasteiger charge is 2.11. The molecule has 3 heteroatoms. The van der Waals surface area contributed by atoms with Crippen molar-refractivity contribution in [2.45, 2.75) is 33.1 Å². The van der Waals surface area contributed by atoms with Crippen LogP contribution in [0.5, 0.6) is 0 Å². The van der Waals surface area contributed by atoms with Crippen LogP contribution >= 0.6 is 15.9 Å². The molecule has 0 N–H and O–H groups in total. The van der Waals surface area contributed by atoms with E-state index in [4.69, 9.17) is 0 Å². The van der Waals surface area contributed by atoms with Gasteiger partial charge in [-0.05, 0) is 30.5 Å². The molecule has 0 amide bonds. The van der Waals surface area contributed by atoms with Gasteiger partial charge in [-0.3, -0.25) is 4.79 Å². The zero-order chi connectivity index (χ0) is 12.1. The second kappa shape index (κ2) is 6.14. The quantitative estimate of drug-likeness (QED) is 0.723. The molecule has 0 atom stereocenters. The number of hydrogen-bond donors (Lipinski definition) is 0. The zero-order valence-electron chi connectivity index (χ0n) is 9.59. The summed E-state index contributed by atoms with van der Waals surface area (Å²) in [6, 6.07) is 4.47. The third-order valence-corrected chi connectivity index (χ3v) is 2.91. The Bertz CT molecular complexity index is 374. The fraction of sp³-hybridized carbons (Fsp3) is 0.462. The predicted octanol–water partition coefficient (Wildman–Crippen LogP) is 4.60. The fourth-order valence-electron chi connectivity index (χ4n) is 1.52. The molecule has 88 valence electrons. The molecule has 1 aromatic carbocycles. The Hall–Kier alpha value is -0.700. The van der Waals surface area contributed by atoms with Crippen molar-refractivity contribution in [3.05, 3.63) is 34.1 Å². The number of hydrogen-bond acceptors (Lipinski definition) is 1. The predicted molar refractivity (Wildman–Crippen MR) is 67.1 cm³/mol. The van der Waals surface area contributed by atoms with Gasteiger partial charge >= 0.3 is 0 Å². The van der Waals surface area contributed by atoms with Gasteiger partial charge in [0, 0.05) is 10.9 Å². The maximum atomic E-state index is 13.4. The summed E-state index contributed by atoms with van der Waals surface area (Å²) >= 11 is 3.24. The number of ketones is 1. The minimum absolute atomic E-state index is 0.112. The van der Waals surface area contributed by atoms with Crippen LogP contribution in [-0.4, -0.2) is 5.78 Å². The van der Waals surface area contributed by atoms with E-state index in [-0.39, 0.29) is 11.3 Å². The van der Waals surface area contributed by atoms with Gasteiger partial charge in [0.15, 0.2) is 5.78 Å². The topological polar surface area (TPSA) is 17.1 Å². The zero-order valence-corrected chi connectivity index (χ0v) is 11.2. The molecule has 0 heterocycles. The van der Waals surface area contributed by atoms with Crippen LogP contribution in [0.3, 0.4) is 0 Å². The lowest BCUT2D eigenvalue weighted by Gasteiger charge is -2.05. The molecular formula is C13H16BrFO. The molecule has 0 fully saturated rings. The van der Waals surface area contributed by atoms with Crippen LogP contribution in [0.25, 0.3) is 0 Å². The minimum Gasteiger partial charge on any atom is -0.294 e. The van der Waals surface area contributed by atoms with Crippen LogP contribution in [0.1, 0.15) is 43.5 Å². The molecule has 1 rings (SSSR count). The molecule has 0 aliphatic carbocycles. The van der Waals surface area contributed by atoms with E-state index in [0.29, 0.717) is 12.3 Å². The summed E-state index contributed by atoms with van der Waals surface area (Å²) in [5.74, 6) is 0.0392. The lowest BCUT2D eigenvalue weighted by molar-refractivity contribution is 0.0974. The molecule has 0 bridgehead atoms. The molecule has 16 heavy (non-hydrogen) atoms. The summed E-state index contributed by atoms with van der Waals surface area (Å²) in [5, 5.41) is 0. The Labute approximate surface area is 104 Å². The van der Waals surface area contributed by atoms with Crippen LogP contribution in [0, 0.1) is 11.7 Å². The number of rotatable bonds is 5. The van der Waals surface area contributed by atoms with E-state index in [1.165, 1.54) is 6.07 Å². The first-order valence-electron chi connectivity index (χ1n) is 5.49. The number of halogens is 2. The van der Waals surface area contributed by atoms with Crippen LogP contribution in [0.2, 0.25) is 0 Å². The van der Waals surface area contributed by atoms with Crippen LogP contribution in [0.4, 0.5) is 4.39 Å². The van der Waals surface area contributed by atoms with Crippen molar-refractivity contribution < 1.29 is 9.18 Å². The highest BCUT2D eigenvalue weighted by molar-refractivity contribution is 9.10. The Balaban J connectivity index is 2.62. The smallest absolute Gasteiger partial charge is 0.165 e. The van der Waals surface area contributed by atoms with E-state index in [2.05, 4.69) is 29.8 Å². The van der Waals surface area contributed by atoms with E-state index in [0.717, 1.165) is 17.3 Å². The molecule has 0 saturated carbocycles. The van der Waals surface area contributed by atoms with Crippen LogP contribution in [-0.2, 0) is 0 Å².